The van der Waals surface area contributed by atoms with Crippen LogP contribution in [0.2, 0.25) is 0 Å². The predicted molar refractivity (Wildman–Crippen MR) is 107 cm³/mol. The molecule has 0 bridgehead atoms. The van der Waals surface area contributed by atoms with Gasteiger partial charge in [-0.25, -0.2) is 14.2 Å². The number of amidine groups is 1. The molecule has 2 aliphatic heterocycles. The Labute approximate surface area is 165 Å². The number of methoxy groups -OCH3 is 1. The van der Waals surface area contributed by atoms with Crippen molar-refractivity contribution in [3.8, 4) is 5.75 Å². The van der Waals surface area contributed by atoms with E-state index in [1.807, 2.05) is 10.3 Å². The van der Waals surface area contributed by atoms with Crippen molar-refractivity contribution in [1.82, 2.24) is 4.90 Å². The van der Waals surface area contributed by atoms with Crippen molar-refractivity contribution < 1.29 is 19.0 Å². The summed E-state index contributed by atoms with van der Waals surface area (Å²) in [7, 11) is 1.34. The van der Waals surface area contributed by atoms with E-state index in [2.05, 4.69) is 4.99 Å². The fourth-order valence-electron chi connectivity index (χ4n) is 3.35. The van der Waals surface area contributed by atoms with Gasteiger partial charge in [0.25, 0.3) is 0 Å². The van der Waals surface area contributed by atoms with Gasteiger partial charge in [-0.3, -0.25) is 0 Å². The van der Waals surface area contributed by atoms with Gasteiger partial charge in [0.05, 0.1) is 30.1 Å². The molecule has 2 aromatic rings. The maximum atomic E-state index is 13.4. The van der Waals surface area contributed by atoms with Crippen LogP contribution in [0.3, 0.4) is 0 Å². The average molecular weight is 396 g/mol. The molecule has 1 N–H and O–H groups in total. The molecule has 0 saturated carbocycles. The molecule has 4 rings (SSSR count). The Bertz CT molecular complexity index is 1030. The zero-order valence-corrected chi connectivity index (χ0v) is 16.0. The number of carbonyl (C=O) groups is 1. The van der Waals surface area contributed by atoms with Gasteiger partial charge in [-0.05, 0) is 54.4 Å². The van der Waals surface area contributed by atoms with Crippen molar-refractivity contribution in [2.75, 3.05) is 7.11 Å². The van der Waals surface area contributed by atoms with Gasteiger partial charge in [0.2, 0.25) is 0 Å². The second-order valence-electron chi connectivity index (χ2n) is 6.38. The molecule has 2 heterocycles. The number of fused-ring (bicyclic) bond motifs is 1. The fraction of sp³-hybridized carbons (Fsp3) is 0.143. The Kier molecular flexibility index (Phi) is 4.68. The minimum absolute atomic E-state index is 0.138. The van der Waals surface area contributed by atoms with Gasteiger partial charge in [0.15, 0.2) is 5.17 Å². The number of aromatic hydroxyl groups is 1. The van der Waals surface area contributed by atoms with Crippen LogP contribution in [0.25, 0.3) is 5.70 Å². The lowest BCUT2D eigenvalue weighted by Crippen LogP contribution is -2.36. The number of hydrogen-bond donors (Lipinski definition) is 1. The number of ether oxygens (including phenoxy) is 1. The van der Waals surface area contributed by atoms with Gasteiger partial charge in [-0.2, -0.15) is 0 Å². The van der Waals surface area contributed by atoms with Gasteiger partial charge in [-0.15, -0.1) is 0 Å². The summed E-state index contributed by atoms with van der Waals surface area (Å²) in [4.78, 5) is 19.1. The number of aliphatic imine (C=N–C) groups is 1. The van der Waals surface area contributed by atoms with E-state index in [0.29, 0.717) is 11.3 Å². The van der Waals surface area contributed by atoms with E-state index < -0.39 is 12.0 Å². The Morgan fingerprint density at radius 3 is 2.50 bits per heavy atom. The second kappa shape index (κ2) is 7.16. The summed E-state index contributed by atoms with van der Waals surface area (Å²) in [6.07, 6.45) is 0. The summed E-state index contributed by atoms with van der Waals surface area (Å²) < 4.78 is 18.4. The number of phenols is 1. The molecule has 142 valence electrons. The Morgan fingerprint density at radius 2 is 1.86 bits per heavy atom. The number of esters is 1. The molecule has 0 spiro atoms. The third-order valence-corrected chi connectivity index (χ3v) is 5.52. The third-order valence-electron chi connectivity index (χ3n) is 4.68. The molecule has 2 aromatic carbocycles. The molecule has 28 heavy (non-hydrogen) atoms. The lowest BCUT2D eigenvalue weighted by Gasteiger charge is -2.36. The van der Waals surface area contributed by atoms with E-state index >= 15 is 0 Å². The van der Waals surface area contributed by atoms with Crippen molar-refractivity contribution in [2.24, 2.45) is 4.99 Å². The summed E-state index contributed by atoms with van der Waals surface area (Å²) in [5.41, 5.74) is 3.44. The highest BCUT2D eigenvalue weighted by molar-refractivity contribution is 8.16. The van der Waals surface area contributed by atoms with Crippen LogP contribution in [0.4, 0.5) is 4.39 Å². The highest BCUT2D eigenvalue weighted by Gasteiger charge is 2.40. The molecule has 0 saturated heterocycles. The first-order valence-electron chi connectivity index (χ1n) is 8.58. The highest BCUT2D eigenvalue weighted by Crippen LogP contribution is 2.47. The van der Waals surface area contributed by atoms with E-state index in [1.165, 1.54) is 31.0 Å². The smallest absolute Gasteiger partial charge is 0.338 e. The standard InChI is InChI=1S/C21H17FN2O3S/c1-12-18(20(26)27-2)19(14-5-9-16(25)10-6-14)24-17(11-28-21(24)23-12)13-3-7-15(22)8-4-13/h3-11,19,25H,1-2H3. The molecule has 0 aliphatic carbocycles. The molecular formula is C21H17FN2O3S. The quantitative estimate of drug-likeness (QED) is 0.778. The monoisotopic (exact) mass is 396 g/mol. The van der Waals surface area contributed by atoms with Gasteiger partial charge in [0.1, 0.15) is 11.6 Å². The number of thioether (sulfide) groups is 1. The fourth-order valence-corrected chi connectivity index (χ4v) is 4.33. The molecule has 0 fully saturated rings. The van der Waals surface area contributed by atoms with Crippen LogP contribution < -0.4 is 0 Å². The number of halogens is 1. The molecule has 2 aliphatic rings. The van der Waals surface area contributed by atoms with Crippen molar-refractivity contribution in [1.29, 1.82) is 0 Å². The molecule has 7 heteroatoms. The van der Waals surface area contributed by atoms with Gasteiger partial charge in [-0.1, -0.05) is 23.9 Å². The molecule has 5 nitrogen and oxygen atoms in total. The van der Waals surface area contributed by atoms with E-state index in [4.69, 9.17) is 4.74 Å². The summed E-state index contributed by atoms with van der Waals surface area (Å²) >= 11 is 1.44. The van der Waals surface area contributed by atoms with Crippen LogP contribution in [0.15, 0.2) is 70.2 Å². The third kappa shape index (κ3) is 3.07. The largest absolute Gasteiger partial charge is 0.508 e. The van der Waals surface area contributed by atoms with Gasteiger partial charge >= 0.3 is 5.97 Å². The topological polar surface area (TPSA) is 62.1 Å². The predicted octanol–water partition coefficient (Wildman–Crippen LogP) is 4.44. The molecule has 1 unspecified atom stereocenters. The molecular weight excluding hydrogens is 379 g/mol. The number of carbonyl (C=O) groups excluding carboxylic acids is 1. The van der Waals surface area contributed by atoms with Gasteiger partial charge < -0.3 is 14.7 Å². The number of allylic oxidation sites excluding steroid dienone is 1. The van der Waals surface area contributed by atoms with Crippen LogP contribution in [0, 0.1) is 5.82 Å². The zero-order chi connectivity index (χ0) is 19.8. The van der Waals surface area contributed by atoms with Crippen molar-refractivity contribution in [3.63, 3.8) is 0 Å². The lowest BCUT2D eigenvalue weighted by molar-refractivity contribution is -0.136. The summed E-state index contributed by atoms with van der Waals surface area (Å²) in [5.74, 6) is -0.642. The normalized spacial score (nSPS) is 18.5. The van der Waals surface area contributed by atoms with Crippen LogP contribution in [-0.4, -0.2) is 28.3 Å². The first-order chi connectivity index (χ1) is 13.5. The number of phenolic OH excluding ortho intramolecular Hbond substituents is 1. The van der Waals surface area contributed by atoms with E-state index in [1.54, 1.807) is 43.3 Å². The molecule has 0 amide bonds. The van der Waals surface area contributed by atoms with Gasteiger partial charge in [0, 0.05) is 5.41 Å². The maximum absolute atomic E-state index is 13.4. The molecule has 1 atom stereocenters. The average Bonchev–Trinajstić information content (AvgIpc) is 3.11. The van der Waals surface area contributed by atoms with Crippen molar-refractivity contribution in [3.05, 3.63) is 82.2 Å². The van der Waals surface area contributed by atoms with Crippen LogP contribution >= 0.6 is 11.8 Å². The van der Waals surface area contributed by atoms with Crippen LogP contribution in [-0.2, 0) is 9.53 Å². The van der Waals surface area contributed by atoms with Crippen LogP contribution in [0.1, 0.15) is 24.1 Å². The first-order valence-corrected chi connectivity index (χ1v) is 9.46. The SMILES string of the molecule is COC(=O)C1=C(C)N=C2SC=C(c3ccc(F)cc3)N2C1c1ccc(O)cc1. The van der Waals surface area contributed by atoms with E-state index in [-0.39, 0.29) is 11.6 Å². The number of rotatable bonds is 3. The lowest BCUT2D eigenvalue weighted by atomic mass is 9.93. The number of nitrogens with zero attached hydrogens (tertiary/aromatic N) is 2. The number of hydrogen-bond acceptors (Lipinski definition) is 6. The maximum Gasteiger partial charge on any atom is 0.338 e. The first kappa shape index (κ1) is 18.3. The Hall–Kier alpha value is -3.06. The summed E-state index contributed by atoms with van der Waals surface area (Å²) in [5, 5.41) is 12.3. The summed E-state index contributed by atoms with van der Waals surface area (Å²) in [6, 6.07) is 12.4. The summed E-state index contributed by atoms with van der Waals surface area (Å²) in [6.45, 7) is 1.78. The van der Waals surface area contributed by atoms with E-state index in [0.717, 1.165) is 22.0 Å². The Morgan fingerprint density at radius 1 is 1.18 bits per heavy atom. The van der Waals surface area contributed by atoms with Crippen molar-refractivity contribution >= 4 is 28.6 Å². The minimum Gasteiger partial charge on any atom is -0.508 e. The van der Waals surface area contributed by atoms with Crippen LogP contribution in [0.5, 0.6) is 5.75 Å². The highest BCUT2D eigenvalue weighted by atomic mass is 32.2. The van der Waals surface area contributed by atoms with Crippen molar-refractivity contribution in [2.45, 2.75) is 13.0 Å². The zero-order valence-electron chi connectivity index (χ0n) is 15.2. The Balaban J connectivity index is 1.86. The second-order valence-corrected chi connectivity index (χ2v) is 7.21. The minimum atomic E-state index is -0.480. The number of benzene rings is 2. The molecule has 0 radical (unpaired) electrons. The van der Waals surface area contributed by atoms with E-state index in [9.17, 15) is 14.3 Å². The molecule has 0 aromatic heterocycles.